The van der Waals surface area contributed by atoms with Crippen LogP contribution in [0.25, 0.3) is 27.3 Å². The molecular weight excluding hydrogens is 390 g/mol. The third-order valence-electron chi connectivity index (χ3n) is 4.49. The molecule has 12 nitrogen and oxygen atoms in total. The van der Waals surface area contributed by atoms with Gasteiger partial charge in [-0.1, -0.05) is 0 Å². The number of hydrogen-bond donors (Lipinski definition) is 5. The number of carboxylic acid groups (broad SMARTS) is 4. The first-order chi connectivity index (χ1) is 13.6. The van der Waals surface area contributed by atoms with Crippen LogP contribution in [-0.4, -0.2) is 58.7 Å². The fourth-order valence-corrected chi connectivity index (χ4v) is 3.42. The van der Waals surface area contributed by atoms with Crippen LogP contribution in [0.4, 0.5) is 0 Å². The number of hydrogen-bond acceptors (Lipinski definition) is 6. The van der Waals surface area contributed by atoms with E-state index in [0.29, 0.717) is 0 Å². The van der Waals surface area contributed by atoms with E-state index in [0.717, 1.165) is 16.5 Å². The van der Waals surface area contributed by atoms with Gasteiger partial charge in [-0.15, -0.1) is 0 Å². The van der Waals surface area contributed by atoms with Crippen molar-refractivity contribution in [1.29, 1.82) is 0 Å². The molecule has 0 atom stereocenters. The maximum atomic E-state index is 12.9. The minimum Gasteiger partial charge on any atom is -0.481 e. The van der Waals surface area contributed by atoms with E-state index in [1.54, 1.807) is 0 Å². The second-order valence-electron chi connectivity index (χ2n) is 6.17. The monoisotopic (exact) mass is 399 g/mol. The Hall–Kier alpha value is -4.48. The lowest BCUT2D eigenvalue weighted by molar-refractivity contribution is -0.136. The van der Waals surface area contributed by atoms with Crippen LogP contribution >= 0.6 is 0 Å². The Labute approximate surface area is 157 Å². The number of carboxylic acids is 4. The summed E-state index contributed by atoms with van der Waals surface area (Å²) >= 11 is 0. The third kappa shape index (κ3) is 2.39. The van der Waals surface area contributed by atoms with E-state index >= 15 is 0 Å². The van der Waals surface area contributed by atoms with Gasteiger partial charge in [0.15, 0.2) is 0 Å². The van der Waals surface area contributed by atoms with Gasteiger partial charge in [0.2, 0.25) is 5.43 Å². The topological polar surface area (TPSA) is 199 Å². The summed E-state index contributed by atoms with van der Waals surface area (Å²) in [4.78, 5) is 65.3. The summed E-state index contributed by atoms with van der Waals surface area (Å²) in [6.45, 7) is 0. The SMILES string of the molecule is O=C(O)Cc1nc2c(=O)c3cc(C(=O)O)[nH]c3c3c(C(=O)O)cc(C(=O)O)n1c23. The molecule has 0 unspecified atom stereocenters. The first kappa shape index (κ1) is 17.9. The van der Waals surface area contributed by atoms with Gasteiger partial charge in [0.1, 0.15) is 29.1 Å². The predicted molar refractivity (Wildman–Crippen MR) is 94.2 cm³/mol. The van der Waals surface area contributed by atoms with Crippen LogP contribution in [0.5, 0.6) is 0 Å². The summed E-state index contributed by atoms with van der Waals surface area (Å²) in [5.41, 5.74) is -2.97. The highest BCUT2D eigenvalue weighted by molar-refractivity contribution is 6.20. The Balaban J connectivity index is 2.36. The highest BCUT2D eigenvalue weighted by Gasteiger charge is 2.28. The van der Waals surface area contributed by atoms with Crippen LogP contribution in [-0.2, 0) is 11.2 Å². The number of aromatic nitrogens is 3. The molecule has 0 aliphatic carbocycles. The number of aromatic carboxylic acids is 3. The van der Waals surface area contributed by atoms with E-state index in [2.05, 4.69) is 9.97 Å². The molecule has 4 rings (SSSR count). The number of nitrogens with zero attached hydrogens (tertiary/aromatic N) is 2. The van der Waals surface area contributed by atoms with Crippen LogP contribution in [0.2, 0.25) is 0 Å². The normalized spacial score (nSPS) is 11.4. The molecule has 29 heavy (non-hydrogen) atoms. The van der Waals surface area contributed by atoms with Gasteiger partial charge in [0, 0.05) is 5.39 Å². The molecule has 146 valence electrons. The van der Waals surface area contributed by atoms with E-state index < -0.39 is 47.0 Å². The van der Waals surface area contributed by atoms with Crippen LogP contribution < -0.4 is 5.43 Å². The number of rotatable bonds is 5. The van der Waals surface area contributed by atoms with Gasteiger partial charge in [0.05, 0.1) is 22.0 Å². The number of carbonyl (C=O) groups is 4. The lowest BCUT2D eigenvalue weighted by atomic mass is 10.0. The molecule has 0 amide bonds. The fourth-order valence-electron chi connectivity index (χ4n) is 3.42. The molecule has 0 saturated carbocycles. The molecule has 0 radical (unpaired) electrons. The Morgan fingerprint density at radius 3 is 2.24 bits per heavy atom. The number of H-pyrrole nitrogens is 1. The predicted octanol–water partition coefficient (Wildman–Crippen LogP) is 0.488. The van der Waals surface area contributed by atoms with Crippen LogP contribution in [0, 0.1) is 0 Å². The largest absolute Gasteiger partial charge is 0.481 e. The second-order valence-corrected chi connectivity index (χ2v) is 6.17. The number of pyridine rings is 1. The Bertz CT molecular complexity index is 1460. The summed E-state index contributed by atoms with van der Waals surface area (Å²) in [5, 5.41) is 37.1. The molecule has 0 spiro atoms. The van der Waals surface area contributed by atoms with E-state index in [1.807, 2.05) is 0 Å². The molecule has 0 bridgehead atoms. The molecule has 12 heteroatoms. The van der Waals surface area contributed by atoms with E-state index in [-0.39, 0.29) is 38.8 Å². The zero-order valence-corrected chi connectivity index (χ0v) is 14.1. The van der Waals surface area contributed by atoms with Gasteiger partial charge in [-0.3, -0.25) is 14.0 Å². The Morgan fingerprint density at radius 2 is 1.69 bits per heavy atom. The van der Waals surface area contributed by atoms with E-state index in [9.17, 15) is 39.3 Å². The minimum atomic E-state index is -1.56. The van der Waals surface area contributed by atoms with Crippen molar-refractivity contribution in [1.82, 2.24) is 14.4 Å². The number of aromatic amines is 1. The molecule has 4 aromatic rings. The standard InChI is InChI=1S/C17H9N3O9/c21-9(22)3-8-19-12-13-10(4(15(24)25)2-7(17(28)29)20(8)13)11-5(14(12)23)1-6(18-11)16(26)27/h1-2,18H,3H2,(H,21,22)(H,24,25)(H,26,27)(H,28,29). The molecule has 0 fully saturated rings. The quantitative estimate of drug-likeness (QED) is 0.314. The van der Waals surface area contributed by atoms with E-state index in [4.69, 9.17) is 5.11 Å². The molecule has 3 aromatic heterocycles. The summed E-state index contributed by atoms with van der Waals surface area (Å²) in [7, 11) is 0. The minimum absolute atomic E-state index is 0.124. The van der Waals surface area contributed by atoms with Crippen molar-refractivity contribution in [3.63, 3.8) is 0 Å². The molecule has 0 saturated heterocycles. The first-order valence-electron chi connectivity index (χ1n) is 7.89. The molecule has 1 aromatic carbocycles. The van der Waals surface area contributed by atoms with Crippen molar-refractivity contribution in [2.24, 2.45) is 0 Å². The van der Waals surface area contributed by atoms with Crippen LogP contribution in [0.3, 0.4) is 0 Å². The third-order valence-corrected chi connectivity index (χ3v) is 4.49. The van der Waals surface area contributed by atoms with Gasteiger partial charge in [-0.25, -0.2) is 19.4 Å². The number of fused-ring (bicyclic) bond motifs is 2. The maximum absolute atomic E-state index is 12.9. The van der Waals surface area contributed by atoms with Crippen molar-refractivity contribution in [2.45, 2.75) is 6.42 Å². The summed E-state index contributed by atoms with van der Waals surface area (Å²) in [5.74, 6) is -6.11. The molecular formula is C17H9N3O9. The Kier molecular flexibility index (Phi) is 3.56. The van der Waals surface area contributed by atoms with Crippen molar-refractivity contribution in [3.05, 3.63) is 45.1 Å². The van der Waals surface area contributed by atoms with Gasteiger partial charge in [-0.2, -0.15) is 0 Å². The van der Waals surface area contributed by atoms with Gasteiger partial charge in [0.25, 0.3) is 0 Å². The van der Waals surface area contributed by atoms with Crippen molar-refractivity contribution >= 4 is 51.2 Å². The number of nitrogens with one attached hydrogen (secondary N) is 1. The first-order valence-corrected chi connectivity index (χ1v) is 7.89. The number of aliphatic carboxylic acids is 1. The number of benzene rings is 1. The highest BCUT2D eigenvalue weighted by Crippen LogP contribution is 2.32. The van der Waals surface area contributed by atoms with Gasteiger partial charge >= 0.3 is 23.9 Å². The average Bonchev–Trinajstić information content (AvgIpc) is 3.22. The van der Waals surface area contributed by atoms with Crippen LogP contribution in [0.1, 0.15) is 37.2 Å². The van der Waals surface area contributed by atoms with E-state index in [1.165, 1.54) is 0 Å². The Morgan fingerprint density at radius 1 is 1.00 bits per heavy atom. The molecule has 0 aliphatic rings. The fraction of sp³-hybridized carbons (Fsp3) is 0.0588. The van der Waals surface area contributed by atoms with Crippen molar-refractivity contribution in [3.8, 4) is 0 Å². The summed E-state index contributed by atoms with van der Waals surface area (Å²) < 4.78 is 0.898. The zero-order valence-electron chi connectivity index (χ0n) is 14.1. The molecule has 3 heterocycles. The highest BCUT2D eigenvalue weighted by atomic mass is 16.4. The summed E-state index contributed by atoms with van der Waals surface area (Å²) in [6, 6.07) is 1.83. The van der Waals surface area contributed by atoms with Crippen molar-refractivity contribution < 1.29 is 39.6 Å². The lowest BCUT2D eigenvalue weighted by Crippen LogP contribution is -2.14. The maximum Gasteiger partial charge on any atom is 0.352 e. The number of imidazole rings is 1. The second kappa shape index (κ2) is 5.76. The lowest BCUT2D eigenvalue weighted by Gasteiger charge is -2.10. The van der Waals surface area contributed by atoms with Gasteiger partial charge in [-0.05, 0) is 12.1 Å². The smallest absolute Gasteiger partial charge is 0.352 e. The average molecular weight is 399 g/mol. The zero-order chi connectivity index (χ0) is 21.2. The molecule has 0 aliphatic heterocycles. The molecule has 5 N–H and O–H groups in total. The van der Waals surface area contributed by atoms with Crippen molar-refractivity contribution in [2.75, 3.05) is 0 Å². The summed E-state index contributed by atoms with van der Waals surface area (Å²) in [6.07, 6.45) is -0.727. The van der Waals surface area contributed by atoms with Gasteiger partial charge < -0.3 is 25.4 Å². The van der Waals surface area contributed by atoms with Crippen LogP contribution in [0.15, 0.2) is 16.9 Å².